The third kappa shape index (κ3) is 36.2. The highest BCUT2D eigenvalue weighted by Crippen LogP contribution is 2.12. The SMILES string of the molecule is CC/C=C\C/C=C\C/C=C\C/C=C\C/C=C\CCCC(=O)O[C@@H](CO)COC(=O)CCCCCCCCC/C=C\CCCCCCCC. The number of unbranched alkanes of at least 4 members (excludes halogenated alkanes) is 14. The van der Waals surface area contributed by atoms with Crippen LogP contribution in [-0.2, 0) is 19.1 Å². The van der Waals surface area contributed by atoms with Crippen LogP contribution in [0.5, 0.6) is 0 Å². The van der Waals surface area contributed by atoms with Crippen LogP contribution >= 0.6 is 0 Å². The van der Waals surface area contributed by atoms with Gasteiger partial charge in [-0.05, 0) is 77.0 Å². The molecule has 0 aromatic rings. The molecule has 0 aromatic heterocycles. The van der Waals surface area contributed by atoms with Crippen LogP contribution in [0.2, 0.25) is 0 Å². The van der Waals surface area contributed by atoms with Gasteiger partial charge in [0.05, 0.1) is 6.61 Å². The van der Waals surface area contributed by atoms with E-state index in [2.05, 4.69) is 86.8 Å². The highest BCUT2D eigenvalue weighted by Gasteiger charge is 2.15. The topological polar surface area (TPSA) is 72.8 Å². The zero-order chi connectivity index (χ0) is 35.0. The quantitative estimate of drug-likeness (QED) is 0.0420. The first-order chi connectivity index (χ1) is 23.6. The predicted octanol–water partition coefficient (Wildman–Crippen LogP) is 12.2. The summed E-state index contributed by atoms with van der Waals surface area (Å²) in [7, 11) is 0. The van der Waals surface area contributed by atoms with Crippen molar-refractivity contribution in [1.29, 1.82) is 0 Å². The first-order valence-corrected chi connectivity index (χ1v) is 19.5. The van der Waals surface area contributed by atoms with Crippen molar-refractivity contribution in [3.63, 3.8) is 0 Å². The number of rotatable bonds is 34. The summed E-state index contributed by atoms with van der Waals surface area (Å²) in [6.45, 7) is 3.96. The highest BCUT2D eigenvalue weighted by molar-refractivity contribution is 5.70. The molecule has 0 aliphatic heterocycles. The normalized spacial score (nSPS) is 13.0. The number of esters is 2. The molecule has 0 rings (SSSR count). The molecule has 0 aromatic carbocycles. The zero-order valence-corrected chi connectivity index (χ0v) is 31.0. The second-order valence-corrected chi connectivity index (χ2v) is 12.6. The van der Waals surface area contributed by atoms with Gasteiger partial charge < -0.3 is 14.6 Å². The van der Waals surface area contributed by atoms with E-state index in [1.807, 2.05) is 0 Å². The predicted molar refractivity (Wildman–Crippen MR) is 205 cm³/mol. The van der Waals surface area contributed by atoms with E-state index in [-0.39, 0.29) is 31.6 Å². The van der Waals surface area contributed by atoms with Gasteiger partial charge in [0, 0.05) is 12.8 Å². The molecule has 5 nitrogen and oxygen atoms in total. The number of carbonyl (C=O) groups excluding carboxylic acids is 2. The lowest BCUT2D eigenvalue weighted by Gasteiger charge is -2.15. The van der Waals surface area contributed by atoms with Gasteiger partial charge in [-0.25, -0.2) is 0 Å². The second kappa shape index (κ2) is 38.8. The van der Waals surface area contributed by atoms with Crippen LogP contribution < -0.4 is 0 Å². The molecule has 0 unspecified atom stereocenters. The average Bonchev–Trinajstić information content (AvgIpc) is 3.09. The van der Waals surface area contributed by atoms with E-state index in [0.29, 0.717) is 12.8 Å². The molecule has 274 valence electrons. The van der Waals surface area contributed by atoms with E-state index in [9.17, 15) is 14.7 Å². The maximum atomic E-state index is 12.1. The standard InChI is InChI=1S/C43H72O5/c1-3-5-7-9-11-13-15-17-19-21-23-25-27-29-31-33-35-37-42(45)47-40-41(39-44)48-43(46)38-36-34-32-30-28-26-24-22-20-18-16-14-12-10-8-6-4-2/h6,8,12,14,17-20,24,26,30,32,41,44H,3-5,7,9-11,13,15-16,21-23,25,27-29,31,33-40H2,1-2H3/b8-6-,14-12-,19-17-,20-18-,26-24-,32-30-/t41-/m0/s1. The molecule has 0 bridgehead atoms. The van der Waals surface area contributed by atoms with E-state index in [0.717, 1.165) is 57.8 Å². The van der Waals surface area contributed by atoms with Gasteiger partial charge in [-0.15, -0.1) is 0 Å². The van der Waals surface area contributed by atoms with E-state index < -0.39 is 6.10 Å². The second-order valence-electron chi connectivity index (χ2n) is 12.6. The minimum Gasteiger partial charge on any atom is -0.462 e. The van der Waals surface area contributed by atoms with Crippen LogP contribution in [0, 0.1) is 0 Å². The Kier molecular flexibility index (Phi) is 36.6. The zero-order valence-electron chi connectivity index (χ0n) is 31.0. The van der Waals surface area contributed by atoms with Gasteiger partial charge in [0.25, 0.3) is 0 Å². The van der Waals surface area contributed by atoms with Crippen molar-refractivity contribution in [3.8, 4) is 0 Å². The van der Waals surface area contributed by atoms with Gasteiger partial charge in [0.2, 0.25) is 0 Å². The Morgan fingerprint density at radius 2 is 0.917 bits per heavy atom. The number of ether oxygens (including phenoxy) is 2. The third-order valence-corrected chi connectivity index (χ3v) is 7.98. The molecule has 1 N–H and O–H groups in total. The van der Waals surface area contributed by atoms with Crippen molar-refractivity contribution < 1.29 is 24.2 Å². The van der Waals surface area contributed by atoms with E-state index >= 15 is 0 Å². The molecule has 0 aliphatic rings. The molecule has 0 heterocycles. The van der Waals surface area contributed by atoms with Crippen LogP contribution in [-0.4, -0.2) is 36.4 Å². The fourth-order valence-corrected chi connectivity index (χ4v) is 5.05. The fourth-order valence-electron chi connectivity index (χ4n) is 5.05. The summed E-state index contributed by atoms with van der Waals surface area (Å²) in [6, 6.07) is 0. The molecular formula is C43H72O5. The van der Waals surface area contributed by atoms with Crippen molar-refractivity contribution in [2.75, 3.05) is 13.2 Å². The Morgan fingerprint density at radius 1 is 0.500 bits per heavy atom. The molecular weight excluding hydrogens is 596 g/mol. The minimum atomic E-state index is -0.805. The molecule has 5 heteroatoms. The molecule has 0 amide bonds. The Bertz CT molecular complexity index is 895. The molecule has 0 fully saturated rings. The number of aliphatic hydroxyl groups is 1. The lowest BCUT2D eigenvalue weighted by Crippen LogP contribution is -2.28. The molecule has 48 heavy (non-hydrogen) atoms. The van der Waals surface area contributed by atoms with Crippen molar-refractivity contribution in [1.82, 2.24) is 0 Å². The summed E-state index contributed by atoms with van der Waals surface area (Å²) in [5.41, 5.74) is 0. The smallest absolute Gasteiger partial charge is 0.306 e. The van der Waals surface area contributed by atoms with Crippen LogP contribution in [0.25, 0.3) is 0 Å². The number of hydrogen-bond donors (Lipinski definition) is 1. The summed E-state index contributed by atoms with van der Waals surface area (Å²) in [4.78, 5) is 24.2. The maximum Gasteiger partial charge on any atom is 0.306 e. The summed E-state index contributed by atoms with van der Waals surface area (Å²) < 4.78 is 10.6. The number of carbonyl (C=O) groups is 2. The summed E-state index contributed by atoms with van der Waals surface area (Å²) in [6.07, 6.45) is 51.1. The van der Waals surface area contributed by atoms with Gasteiger partial charge in [-0.2, -0.15) is 0 Å². The van der Waals surface area contributed by atoms with Crippen LogP contribution in [0.3, 0.4) is 0 Å². The Hall–Kier alpha value is -2.66. The Morgan fingerprint density at radius 3 is 1.44 bits per heavy atom. The summed E-state index contributed by atoms with van der Waals surface area (Å²) >= 11 is 0. The lowest BCUT2D eigenvalue weighted by atomic mass is 10.1. The molecule has 0 radical (unpaired) electrons. The molecule has 0 saturated heterocycles. The van der Waals surface area contributed by atoms with Gasteiger partial charge in [0.1, 0.15) is 6.61 Å². The number of hydrogen-bond acceptors (Lipinski definition) is 5. The monoisotopic (exact) mass is 669 g/mol. The van der Waals surface area contributed by atoms with Crippen LogP contribution in [0.4, 0.5) is 0 Å². The minimum absolute atomic E-state index is 0.0940. The van der Waals surface area contributed by atoms with Crippen LogP contribution in [0.1, 0.15) is 168 Å². The van der Waals surface area contributed by atoms with Crippen molar-refractivity contribution in [2.45, 2.75) is 174 Å². The third-order valence-electron chi connectivity index (χ3n) is 7.98. The lowest BCUT2D eigenvalue weighted by molar-refractivity contribution is -0.161. The first kappa shape index (κ1) is 45.3. The van der Waals surface area contributed by atoms with E-state index in [1.54, 1.807) is 0 Å². The van der Waals surface area contributed by atoms with Crippen LogP contribution in [0.15, 0.2) is 72.9 Å². The Balaban J connectivity index is 3.68. The largest absolute Gasteiger partial charge is 0.462 e. The first-order valence-electron chi connectivity index (χ1n) is 19.5. The maximum absolute atomic E-state index is 12.1. The fraction of sp³-hybridized carbons (Fsp3) is 0.674. The van der Waals surface area contributed by atoms with Crippen molar-refractivity contribution in [2.24, 2.45) is 0 Å². The van der Waals surface area contributed by atoms with Gasteiger partial charge in [-0.1, -0.05) is 151 Å². The molecule has 0 saturated carbocycles. The van der Waals surface area contributed by atoms with Crippen molar-refractivity contribution >= 4 is 11.9 Å². The Labute approximate surface area is 295 Å². The number of allylic oxidation sites excluding steroid dienone is 12. The van der Waals surface area contributed by atoms with Gasteiger partial charge in [0.15, 0.2) is 6.10 Å². The van der Waals surface area contributed by atoms with Gasteiger partial charge >= 0.3 is 11.9 Å². The molecule has 0 spiro atoms. The summed E-state index contributed by atoms with van der Waals surface area (Å²) in [5.74, 6) is -0.669. The number of aliphatic hydroxyl groups excluding tert-OH is 1. The van der Waals surface area contributed by atoms with E-state index in [4.69, 9.17) is 9.47 Å². The molecule has 1 atom stereocenters. The summed E-state index contributed by atoms with van der Waals surface area (Å²) in [5, 5.41) is 9.54. The molecule has 0 aliphatic carbocycles. The van der Waals surface area contributed by atoms with Crippen molar-refractivity contribution in [3.05, 3.63) is 72.9 Å². The van der Waals surface area contributed by atoms with E-state index in [1.165, 1.54) is 77.0 Å². The van der Waals surface area contributed by atoms with Gasteiger partial charge in [-0.3, -0.25) is 9.59 Å². The average molecular weight is 669 g/mol. The highest BCUT2D eigenvalue weighted by atomic mass is 16.6.